The fourth-order valence-electron chi connectivity index (χ4n) is 4.26. The average Bonchev–Trinajstić information content (AvgIpc) is 2.88. The van der Waals surface area contributed by atoms with Gasteiger partial charge >= 0.3 is 16.1 Å². The van der Waals surface area contributed by atoms with Gasteiger partial charge in [-0.1, -0.05) is 64.0 Å². The average molecular weight is 605 g/mol. The van der Waals surface area contributed by atoms with Crippen molar-refractivity contribution in [1.82, 2.24) is 5.32 Å². The Morgan fingerprint density at radius 3 is 2.33 bits per heavy atom. The lowest BCUT2D eigenvalue weighted by Gasteiger charge is -2.27. The van der Waals surface area contributed by atoms with E-state index in [9.17, 15) is 22.8 Å². The molecule has 196 valence electrons. The minimum Gasteiger partial charge on any atom is -0.378 e. The highest BCUT2D eigenvalue weighted by molar-refractivity contribution is 9.10. The van der Waals surface area contributed by atoms with Crippen molar-refractivity contribution in [2.45, 2.75) is 18.7 Å². The smallest absolute Gasteiger partial charge is 0.339 e. The van der Waals surface area contributed by atoms with Crippen LogP contribution in [-0.4, -0.2) is 26.3 Å². The Labute approximate surface area is 233 Å². The van der Waals surface area contributed by atoms with Crippen molar-refractivity contribution in [2.75, 3.05) is 4.90 Å². The van der Waals surface area contributed by atoms with Gasteiger partial charge in [-0.05, 0) is 72.7 Å². The summed E-state index contributed by atoms with van der Waals surface area (Å²) in [6.07, 6.45) is 1.26. The molecule has 0 saturated carbocycles. The molecule has 1 aliphatic heterocycles. The number of aryl methyl sites for hydroxylation is 2. The van der Waals surface area contributed by atoms with Gasteiger partial charge in [0, 0.05) is 10.0 Å². The van der Waals surface area contributed by atoms with E-state index in [1.165, 1.54) is 24.3 Å². The molecule has 0 atom stereocenters. The van der Waals surface area contributed by atoms with Crippen molar-refractivity contribution < 1.29 is 27.0 Å². The molecule has 1 saturated heterocycles. The summed E-state index contributed by atoms with van der Waals surface area (Å²) in [6, 6.07) is 20.5. The number of carbonyl (C=O) groups excluding carboxylic acids is 3. The van der Waals surface area contributed by atoms with Crippen LogP contribution in [0.2, 0.25) is 0 Å². The fourth-order valence-corrected chi connectivity index (χ4v) is 5.68. The standard InChI is InChI=1S/C29H21BrN2O6S/c1-17-7-11-21(12-8-17)39(36,37)38-26-14-9-19-5-3-4-6-22(19)23(26)16-24-27(33)31-29(35)32(28(24)34)25-13-10-20(30)15-18(25)2/h3-16H,1-2H3,(H,31,33,35)/b24-16-. The van der Waals surface area contributed by atoms with E-state index in [0.29, 0.717) is 16.6 Å². The molecule has 1 fully saturated rings. The third-order valence-corrected chi connectivity index (χ3v) is 7.97. The molecule has 0 bridgehead atoms. The molecule has 10 heteroatoms. The van der Waals surface area contributed by atoms with E-state index in [1.807, 2.05) is 6.92 Å². The maximum absolute atomic E-state index is 13.6. The summed E-state index contributed by atoms with van der Waals surface area (Å²) >= 11 is 3.36. The van der Waals surface area contributed by atoms with Crippen LogP contribution in [0.3, 0.4) is 0 Å². The Morgan fingerprint density at radius 2 is 1.62 bits per heavy atom. The van der Waals surface area contributed by atoms with Gasteiger partial charge < -0.3 is 4.18 Å². The first-order valence-electron chi connectivity index (χ1n) is 11.8. The molecule has 0 unspecified atom stereocenters. The molecule has 4 aromatic carbocycles. The number of anilines is 1. The number of rotatable bonds is 5. The molecule has 0 spiro atoms. The van der Waals surface area contributed by atoms with Crippen LogP contribution in [0.25, 0.3) is 16.8 Å². The third kappa shape index (κ3) is 5.08. The van der Waals surface area contributed by atoms with E-state index in [4.69, 9.17) is 4.18 Å². The van der Waals surface area contributed by atoms with Crippen LogP contribution in [0.4, 0.5) is 10.5 Å². The Balaban J connectivity index is 1.65. The van der Waals surface area contributed by atoms with Crippen molar-refractivity contribution >= 4 is 66.4 Å². The summed E-state index contributed by atoms with van der Waals surface area (Å²) in [4.78, 5) is 40.0. The fraction of sp³-hybridized carbons (Fsp3) is 0.0690. The van der Waals surface area contributed by atoms with Gasteiger partial charge in [0.2, 0.25) is 0 Å². The lowest BCUT2D eigenvalue weighted by atomic mass is 9.99. The first-order chi connectivity index (χ1) is 18.5. The third-order valence-electron chi connectivity index (χ3n) is 6.23. The number of nitrogens with zero attached hydrogens (tertiary/aromatic N) is 1. The van der Waals surface area contributed by atoms with Crippen molar-refractivity contribution in [3.63, 3.8) is 0 Å². The predicted molar refractivity (Wildman–Crippen MR) is 151 cm³/mol. The lowest BCUT2D eigenvalue weighted by Crippen LogP contribution is -2.54. The van der Waals surface area contributed by atoms with Crippen molar-refractivity contribution in [3.8, 4) is 5.75 Å². The first-order valence-corrected chi connectivity index (χ1v) is 14.0. The van der Waals surface area contributed by atoms with Gasteiger partial charge in [-0.25, -0.2) is 9.69 Å². The molecule has 5 rings (SSSR count). The summed E-state index contributed by atoms with van der Waals surface area (Å²) in [7, 11) is -4.25. The molecule has 1 heterocycles. The Kier molecular flexibility index (Phi) is 6.83. The van der Waals surface area contributed by atoms with Gasteiger partial charge in [0.05, 0.1) is 5.69 Å². The summed E-state index contributed by atoms with van der Waals surface area (Å²) in [5, 5.41) is 3.48. The van der Waals surface area contributed by atoms with E-state index < -0.39 is 28.0 Å². The zero-order chi connectivity index (χ0) is 27.9. The number of carbonyl (C=O) groups is 3. The Morgan fingerprint density at radius 1 is 0.897 bits per heavy atom. The number of benzene rings is 4. The number of hydrogen-bond donors (Lipinski definition) is 1. The molecule has 0 aliphatic carbocycles. The van der Waals surface area contributed by atoms with Gasteiger partial charge in [-0.3, -0.25) is 14.9 Å². The van der Waals surface area contributed by atoms with Crippen molar-refractivity contribution in [1.29, 1.82) is 0 Å². The SMILES string of the molecule is Cc1ccc(S(=O)(=O)Oc2ccc3ccccc3c2/C=C2/C(=O)NC(=O)N(c3ccc(Br)cc3C)C2=O)cc1. The molecule has 4 aromatic rings. The number of hydrogen-bond acceptors (Lipinski definition) is 6. The van der Waals surface area contributed by atoms with Crippen LogP contribution in [0.1, 0.15) is 16.7 Å². The van der Waals surface area contributed by atoms with E-state index >= 15 is 0 Å². The van der Waals surface area contributed by atoms with E-state index in [2.05, 4.69) is 21.2 Å². The molecule has 1 N–H and O–H groups in total. The summed E-state index contributed by atoms with van der Waals surface area (Å²) < 4.78 is 32.5. The number of halogens is 1. The molecule has 4 amide bonds. The maximum atomic E-state index is 13.6. The molecular formula is C29H21BrN2O6S. The number of urea groups is 1. The Hall–Kier alpha value is -4.28. The number of imide groups is 2. The molecule has 1 aliphatic rings. The molecule has 8 nitrogen and oxygen atoms in total. The zero-order valence-corrected chi connectivity index (χ0v) is 23.2. The van der Waals surface area contributed by atoms with Crippen molar-refractivity contribution in [3.05, 3.63) is 106 Å². The molecular weight excluding hydrogens is 584 g/mol. The minimum atomic E-state index is -4.25. The highest BCUT2D eigenvalue weighted by Crippen LogP contribution is 2.34. The Bertz CT molecular complexity index is 1810. The number of fused-ring (bicyclic) bond motifs is 1. The minimum absolute atomic E-state index is 0.0474. The van der Waals surface area contributed by atoms with Crippen LogP contribution in [0, 0.1) is 13.8 Å². The van der Waals surface area contributed by atoms with Gasteiger partial charge in [0.25, 0.3) is 11.8 Å². The predicted octanol–water partition coefficient (Wildman–Crippen LogP) is 5.65. The van der Waals surface area contributed by atoms with Crippen LogP contribution in [0.15, 0.2) is 93.8 Å². The summed E-state index contributed by atoms with van der Waals surface area (Å²) in [5.74, 6) is -1.84. The van der Waals surface area contributed by atoms with Crippen LogP contribution < -0.4 is 14.4 Å². The summed E-state index contributed by atoms with van der Waals surface area (Å²) in [5.41, 5.74) is 1.65. The normalized spacial score (nSPS) is 15.1. The van der Waals surface area contributed by atoms with Crippen LogP contribution in [0.5, 0.6) is 5.75 Å². The number of amides is 4. The van der Waals surface area contributed by atoms with Crippen LogP contribution >= 0.6 is 15.9 Å². The largest absolute Gasteiger partial charge is 0.378 e. The van der Waals surface area contributed by atoms with Gasteiger partial charge in [-0.2, -0.15) is 8.42 Å². The lowest BCUT2D eigenvalue weighted by molar-refractivity contribution is -0.122. The molecule has 0 aromatic heterocycles. The van der Waals surface area contributed by atoms with Crippen LogP contribution in [-0.2, 0) is 19.7 Å². The monoisotopic (exact) mass is 604 g/mol. The van der Waals surface area contributed by atoms with Crippen molar-refractivity contribution in [2.24, 2.45) is 0 Å². The molecule has 0 radical (unpaired) electrons. The quantitative estimate of drug-likeness (QED) is 0.179. The second-order valence-electron chi connectivity index (χ2n) is 8.94. The second kappa shape index (κ2) is 10.1. The zero-order valence-electron chi connectivity index (χ0n) is 20.8. The molecule has 39 heavy (non-hydrogen) atoms. The highest BCUT2D eigenvalue weighted by Gasteiger charge is 2.38. The topological polar surface area (TPSA) is 110 Å². The van der Waals surface area contributed by atoms with Gasteiger partial charge in [0.1, 0.15) is 10.5 Å². The highest BCUT2D eigenvalue weighted by atomic mass is 79.9. The number of barbiturate groups is 1. The summed E-state index contributed by atoms with van der Waals surface area (Å²) in [6.45, 7) is 3.56. The maximum Gasteiger partial charge on any atom is 0.339 e. The number of nitrogens with one attached hydrogen (secondary N) is 1. The van der Waals surface area contributed by atoms with Gasteiger partial charge in [0.15, 0.2) is 5.75 Å². The van der Waals surface area contributed by atoms with Gasteiger partial charge in [-0.15, -0.1) is 0 Å². The van der Waals surface area contributed by atoms with E-state index in [0.717, 1.165) is 20.3 Å². The first kappa shape index (κ1) is 26.3. The van der Waals surface area contributed by atoms with E-state index in [-0.39, 0.29) is 21.8 Å². The van der Waals surface area contributed by atoms with E-state index in [1.54, 1.807) is 67.6 Å². The second-order valence-corrected chi connectivity index (χ2v) is 11.4.